The predicted molar refractivity (Wildman–Crippen MR) is 120 cm³/mol. The Morgan fingerprint density at radius 1 is 1.13 bits per heavy atom. The summed E-state index contributed by atoms with van der Waals surface area (Å²) in [7, 11) is 1.86. The number of aliphatic hydroxyl groups is 1. The molecule has 0 aromatic rings. The van der Waals surface area contributed by atoms with Gasteiger partial charge in [0.1, 0.15) is 0 Å². The van der Waals surface area contributed by atoms with E-state index in [4.69, 9.17) is 4.74 Å². The molecule has 0 bridgehead atoms. The van der Waals surface area contributed by atoms with Crippen molar-refractivity contribution in [3.63, 3.8) is 0 Å². The Morgan fingerprint density at radius 3 is 2.71 bits per heavy atom. The Hall–Kier alpha value is -0.530. The van der Waals surface area contributed by atoms with E-state index >= 15 is 0 Å². The molecule has 0 spiro atoms. The maximum Gasteiger partial charge on any atom is 0.153 e. The third-order valence-electron chi connectivity index (χ3n) is 10.4. The molecule has 6 heteroatoms. The van der Waals surface area contributed by atoms with Crippen LogP contribution in [0.5, 0.6) is 0 Å². The van der Waals surface area contributed by atoms with E-state index in [9.17, 15) is 9.90 Å². The van der Waals surface area contributed by atoms with Gasteiger partial charge in [-0.15, -0.1) is 0 Å². The van der Waals surface area contributed by atoms with Crippen molar-refractivity contribution in [2.75, 3.05) is 26.8 Å². The van der Waals surface area contributed by atoms with Crippen LogP contribution in [0, 0.1) is 40.4 Å². The molecule has 1 aliphatic heterocycles. The SMILES string of the molecule is COC[C@]12CC[C@@H](O)C[C@@H]1CC[C@@H]1C2CC[C@]2(C)[C@@H](C(=O)CN3NCC(C)N3)CC[C@@H]12. The van der Waals surface area contributed by atoms with Crippen LogP contribution >= 0.6 is 0 Å². The minimum atomic E-state index is -0.121. The Kier molecular flexibility index (Phi) is 6.00. The van der Waals surface area contributed by atoms with Crippen molar-refractivity contribution < 1.29 is 14.6 Å². The fraction of sp³-hybridized carbons (Fsp3) is 0.960. The van der Waals surface area contributed by atoms with Crippen molar-refractivity contribution in [3.8, 4) is 0 Å². The zero-order valence-corrected chi connectivity index (χ0v) is 19.7. The number of rotatable bonds is 5. The molecule has 31 heavy (non-hydrogen) atoms. The second kappa shape index (κ2) is 8.35. The quantitative estimate of drug-likeness (QED) is 0.619. The van der Waals surface area contributed by atoms with E-state index in [-0.39, 0.29) is 22.9 Å². The van der Waals surface area contributed by atoms with Gasteiger partial charge in [-0.25, -0.2) is 10.9 Å². The van der Waals surface area contributed by atoms with Gasteiger partial charge in [0.2, 0.25) is 0 Å². The largest absolute Gasteiger partial charge is 0.393 e. The molecular weight excluding hydrogens is 390 g/mol. The number of carbonyl (C=O) groups is 1. The fourth-order valence-electron chi connectivity index (χ4n) is 9.08. The first-order valence-corrected chi connectivity index (χ1v) is 12.8. The lowest BCUT2D eigenvalue weighted by Crippen LogP contribution is -2.57. The van der Waals surface area contributed by atoms with Gasteiger partial charge in [-0.3, -0.25) is 4.79 Å². The molecule has 1 saturated heterocycles. The van der Waals surface area contributed by atoms with Crippen LogP contribution in [-0.2, 0) is 9.53 Å². The van der Waals surface area contributed by atoms with Crippen LogP contribution in [0.1, 0.15) is 71.6 Å². The topological polar surface area (TPSA) is 73.8 Å². The summed E-state index contributed by atoms with van der Waals surface area (Å²) in [5, 5.41) is 12.3. The first-order chi connectivity index (χ1) is 14.9. The number of ether oxygens (including phenoxy) is 1. The molecule has 0 radical (unpaired) electrons. The van der Waals surface area contributed by atoms with Gasteiger partial charge in [-0.1, -0.05) is 6.92 Å². The second-order valence-electron chi connectivity index (χ2n) is 11.9. The molecule has 3 N–H and O–H groups in total. The van der Waals surface area contributed by atoms with Crippen LogP contribution in [-0.4, -0.2) is 55.0 Å². The summed E-state index contributed by atoms with van der Waals surface area (Å²) in [6, 6.07) is 0.385. The number of Topliss-reactive ketones (excluding diaryl/α,β-unsaturated/α-hetero) is 1. The van der Waals surface area contributed by atoms with Crippen LogP contribution in [0.25, 0.3) is 0 Å². The first kappa shape index (κ1) is 22.3. The lowest BCUT2D eigenvalue weighted by atomic mass is 9.44. The summed E-state index contributed by atoms with van der Waals surface area (Å²) < 4.78 is 5.85. The molecule has 5 aliphatic rings. The van der Waals surface area contributed by atoms with Gasteiger partial charge in [0.25, 0.3) is 0 Å². The Labute approximate surface area is 187 Å². The van der Waals surface area contributed by atoms with Gasteiger partial charge in [-0.05, 0) is 99.2 Å². The highest BCUT2D eigenvalue weighted by Gasteiger charge is 2.62. The number of nitrogens with zero attached hydrogens (tertiary/aromatic N) is 1. The Bertz CT molecular complexity index is 689. The smallest absolute Gasteiger partial charge is 0.153 e. The molecule has 1 heterocycles. The average Bonchev–Trinajstić information content (AvgIpc) is 3.30. The number of hydrazine groups is 2. The predicted octanol–water partition coefficient (Wildman–Crippen LogP) is 2.92. The molecule has 5 rings (SSSR count). The van der Waals surface area contributed by atoms with Crippen LogP contribution < -0.4 is 10.9 Å². The number of hydrogen-bond donors (Lipinski definition) is 3. The molecule has 176 valence electrons. The maximum atomic E-state index is 13.4. The van der Waals surface area contributed by atoms with E-state index < -0.39 is 0 Å². The molecule has 0 amide bonds. The van der Waals surface area contributed by atoms with E-state index in [0.717, 1.165) is 44.8 Å². The van der Waals surface area contributed by atoms with E-state index in [2.05, 4.69) is 24.7 Å². The lowest BCUT2D eigenvalue weighted by molar-refractivity contribution is -0.161. The molecular formula is C25H43N3O3. The van der Waals surface area contributed by atoms with Gasteiger partial charge in [0.15, 0.2) is 5.78 Å². The van der Waals surface area contributed by atoms with Gasteiger partial charge in [-0.2, -0.15) is 5.12 Å². The van der Waals surface area contributed by atoms with Crippen LogP contribution in [0.15, 0.2) is 0 Å². The van der Waals surface area contributed by atoms with Crippen molar-refractivity contribution in [3.05, 3.63) is 0 Å². The monoisotopic (exact) mass is 433 g/mol. The third-order valence-corrected chi connectivity index (χ3v) is 10.4. The minimum absolute atomic E-state index is 0.121. The van der Waals surface area contributed by atoms with Crippen LogP contribution in [0.2, 0.25) is 0 Å². The highest BCUT2D eigenvalue weighted by Crippen LogP contribution is 2.67. The number of fused-ring (bicyclic) bond motifs is 5. The summed E-state index contributed by atoms with van der Waals surface area (Å²) in [6.45, 7) is 6.79. The average molecular weight is 434 g/mol. The van der Waals surface area contributed by atoms with E-state index in [0.29, 0.717) is 36.1 Å². The van der Waals surface area contributed by atoms with Gasteiger partial charge in [0.05, 0.1) is 19.3 Å². The number of ketones is 1. The third kappa shape index (κ3) is 3.61. The summed E-state index contributed by atoms with van der Waals surface area (Å²) >= 11 is 0. The summed E-state index contributed by atoms with van der Waals surface area (Å²) in [6.07, 6.45) is 10.1. The van der Waals surface area contributed by atoms with Crippen LogP contribution in [0.3, 0.4) is 0 Å². The number of aliphatic hydroxyl groups excluding tert-OH is 1. The molecule has 2 unspecified atom stereocenters. The maximum absolute atomic E-state index is 13.4. The standard InChI is InChI=1S/C25H43N3O3/c1-16-13-26-28(27-16)14-23(30)22-7-6-20-19-5-4-17-12-18(29)8-11-25(17,15-31-3)21(19)9-10-24(20,22)2/h16-22,26-27,29H,4-15H2,1-3H3/t16?,17-,18+,19-,20-,21?,22+,24-,25+/m0/s1. The fourth-order valence-corrected chi connectivity index (χ4v) is 9.08. The van der Waals surface area contributed by atoms with E-state index in [1.165, 1.54) is 32.1 Å². The number of methoxy groups -OCH3 is 1. The van der Waals surface area contributed by atoms with Crippen molar-refractivity contribution in [2.45, 2.75) is 83.8 Å². The summed E-state index contributed by atoms with van der Waals surface area (Å²) in [5.41, 5.74) is 7.07. The van der Waals surface area contributed by atoms with Gasteiger partial charge < -0.3 is 9.84 Å². The van der Waals surface area contributed by atoms with E-state index in [1.807, 2.05) is 12.2 Å². The van der Waals surface area contributed by atoms with Crippen molar-refractivity contribution in [1.29, 1.82) is 0 Å². The highest BCUT2D eigenvalue weighted by molar-refractivity contribution is 5.84. The second-order valence-corrected chi connectivity index (χ2v) is 11.9. The number of hydrogen-bond acceptors (Lipinski definition) is 6. The lowest BCUT2D eigenvalue weighted by Gasteiger charge is -2.61. The van der Waals surface area contributed by atoms with Crippen molar-refractivity contribution >= 4 is 5.78 Å². The molecule has 4 saturated carbocycles. The Balaban J connectivity index is 1.34. The molecule has 9 atom stereocenters. The van der Waals surface area contributed by atoms with E-state index in [1.54, 1.807) is 0 Å². The first-order valence-electron chi connectivity index (χ1n) is 12.8. The summed E-state index contributed by atoms with van der Waals surface area (Å²) in [5.74, 6) is 3.31. The van der Waals surface area contributed by atoms with Crippen molar-refractivity contribution in [2.24, 2.45) is 40.4 Å². The molecule has 5 fully saturated rings. The Morgan fingerprint density at radius 2 is 1.97 bits per heavy atom. The molecule has 4 aliphatic carbocycles. The zero-order chi connectivity index (χ0) is 21.8. The normalized spacial score (nSPS) is 50.0. The molecule has 6 nitrogen and oxygen atoms in total. The zero-order valence-electron chi connectivity index (χ0n) is 19.7. The minimum Gasteiger partial charge on any atom is -0.393 e. The summed E-state index contributed by atoms with van der Waals surface area (Å²) in [4.78, 5) is 13.4. The number of nitrogens with one attached hydrogen (secondary N) is 2. The van der Waals surface area contributed by atoms with Gasteiger partial charge >= 0.3 is 0 Å². The van der Waals surface area contributed by atoms with Gasteiger partial charge in [0, 0.05) is 25.6 Å². The highest BCUT2D eigenvalue weighted by atomic mass is 16.5. The molecule has 0 aromatic heterocycles. The van der Waals surface area contributed by atoms with Crippen molar-refractivity contribution in [1.82, 2.24) is 16.0 Å². The molecule has 0 aromatic carbocycles. The number of carbonyl (C=O) groups excluding carboxylic acids is 1. The van der Waals surface area contributed by atoms with Crippen LogP contribution in [0.4, 0.5) is 0 Å².